The van der Waals surface area contributed by atoms with Gasteiger partial charge in [0.2, 0.25) is 5.91 Å². The first kappa shape index (κ1) is 15.4. The normalized spacial score (nSPS) is 21.9. The van der Waals surface area contributed by atoms with Gasteiger partial charge in [0.25, 0.3) is 0 Å². The highest BCUT2D eigenvalue weighted by Crippen LogP contribution is 2.38. The van der Waals surface area contributed by atoms with Crippen LogP contribution in [0.25, 0.3) is 0 Å². The smallest absolute Gasteiger partial charge is 0.237 e. The van der Waals surface area contributed by atoms with E-state index in [1.165, 1.54) is 23.1 Å². The van der Waals surface area contributed by atoms with Gasteiger partial charge in [-0.2, -0.15) is 0 Å². The Bertz CT molecular complexity index is 695. The molecular formula is C21H24N2O. The molecule has 24 heavy (non-hydrogen) atoms. The number of nitrogens with one attached hydrogen (secondary N) is 2. The zero-order valence-corrected chi connectivity index (χ0v) is 13.9. The van der Waals surface area contributed by atoms with Gasteiger partial charge in [0.1, 0.15) is 0 Å². The Balaban J connectivity index is 1.64. The van der Waals surface area contributed by atoms with E-state index in [0.717, 1.165) is 32.2 Å². The molecule has 4 rings (SSSR count). The summed E-state index contributed by atoms with van der Waals surface area (Å²) in [6.07, 6.45) is 4.96. The summed E-state index contributed by atoms with van der Waals surface area (Å²) in [5.41, 5.74) is 3.57. The molecule has 1 aliphatic heterocycles. The van der Waals surface area contributed by atoms with Gasteiger partial charge < -0.3 is 10.6 Å². The second kappa shape index (κ2) is 6.40. The lowest BCUT2D eigenvalue weighted by atomic mass is 9.86. The zero-order valence-electron chi connectivity index (χ0n) is 13.9. The van der Waals surface area contributed by atoms with Gasteiger partial charge in [-0.15, -0.1) is 0 Å². The van der Waals surface area contributed by atoms with Crippen LogP contribution in [0.3, 0.4) is 0 Å². The predicted octanol–water partition coefficient (Wildman–Crippen LogP) is 2.94. The molecule has 1 aliphatic carbocycles. The van der Waals surface area contributed by atoms with Crippen LogP contribution in [0, 0.1) is 0 Å². The predicted molar refractivity (Wildman–Crippen MR) is 95.8 cm³/mol. The molecule has 0 spiro atoms. The SMILES string of the molecule is O=C(NC1(c2ccccc2)Cc2ccccc2C1)C1CCCCN1. The van der Waals surface area contributed by atoms with E-state index in [-0.39, 0.29) is 17.5 Å². The summed E-state index contributed by atoms with van der Waals surface area (Å²) in [5, 5.41) is 6.79. The molecule has 2 N–H and O–H groups in total. The second-order valence-corrected chi connectivity index (χ2v) is 7.06. The first-order chi connectivity index (χ1) is 11.8. The minimum absolute atomic E-state index is 0.0527. The third-order valence-corrected chi connectivity index (χ3v) is 5.42. The lowest BCUT2D eigenvalue weighted by Gasteiger charge is -2.34. The maximum absolute atomic E-state index is 12.9. The molecule has 2 aromatic rings. The van der Waals surface area contributed by atoms with Gasteiger partial charge in [-0.25, -0.2) is 0 Å². The number of carbonyl (C=O) groups is 1. The van der Waals surface area contributed by atoms with Crippen LogP contribution in [0.4, 0.5) is 0 Å². The van der Waals surface area contributed by atoms with E-state index in [0.29, 0.717) is 0 Å². The van der Waals surface area contributed by atoms with Crippen LogP contribution in [0.2, 0.25) is 0 Å². The van der Waals surface area contributed by atoms with E-state index >= 15 is 0 Å². The van der Waals surface area contributed by atoms with Gasteiger partial charge in [-0.05, 0) is 36.1 Å². The van der Waals surface area contributed by atoms with Crippen LogP contribution in [-0.2, 0) is 23.2 Å². The van der Waals surface area contributed by atoms with E-state index < -0.39 is 0 Å². The minimum atomic E-state index is -0.318. The molecule has 1 atom stereocenters. The van der Waals surface area contributed by atoms with Crippen molar-refractivity contribution in [2.75, 3.05) is 6.54 Å². The van der Waals surface area contributed by atoms with E-state index in [4.69, 9.17) is 0 Å². The van der Waals surface area contributed by atoms with Crippen molar-refractivity contribution in [3.63, 3.8) is 0 Å². The fourth-order valence-corrected chi connectivity index (χ4v) is 4.14. The number of hydrogen-bond acceptors (Lipinski definition) is 2. The Morgan fingerprint density at radius 1 is 0.958 bits per heavy atom. The molecule has 0 saturated carbocycles. The largest absolute Gasteiger partial charge is 0.345 e. The number of hydrogen-bond donors (Lipinski definition) is 2. The van der Waals surface area contributed by atoms with E-state index in [9.17, 15) is 4.79 Å². The van der Waals surface area contributed by atoms with E-state index in [2.05, 4.69) is 59.2 Å². The Kier molecular flexibility index (Phi) is 4.11. The Morgan fingerprint density at radius 3 is 2.25 bits per heavy atom. The third-order valence-electron chi connectivity index (χ3n) is 5.42. The van der Waals surface area contributed by atoms with Crippen molar-refractivity contribution in [3.8, 4) is 0 Å². The van der Waals surface area contributed by atoms with Crippen LogP contribution in [-0.4, -0.2) is 18.5 Å². The average molecular weight is 320 g/mol. The monoisotopic (exact) mass is 320 g/mol. The number of rotatable bonds is 3. The Hall–Kier alpha value is -2.13. The van der Waals surface area contributed by atoms with Gasteiger partial charge in [-0.3, -0.25) is 4.79 Å². The highest BCUT2D eigenvalue weighted by Gasteiger charge is 2.41. The first-order valence-corrected chi connectivity index (χ1v) is 8.95. The Labute approximate surface area is 143 Å². The van der Waals surface area contributed by atoms with Crippen LogP contribution in [0.1, 0.15) is 36.0 Å². The number of piperidine rings is 1. The highest BCUT2D eigenvalue weighted by molar-refractivity contribution is 5.83. The molecule has 0 aromatic heterocycles. The van der Waals surface area contributed by atoms with Crippen molar-refractivity contribution in [2.24, 2.45) is 0 Å². The van der Waals surface area contributed by atoms with Crippen LogP contribution >= 0.6 is 0 Å². The summed E-state index contributed by atoms with van der Waals surface area (Å²) in [6, 6.07) is 18.9. The zero-order chi connectivity index (χ0) is 16.4. The number of amides is 1. The van der Waals surface area contributed by atoms with Crippen molar-refractivity contribution in [1.82, 2.24) is 10.6 Å². The van der Waals surface area contributed by atoms with Crippen molar-refractivity contribution in [1.29, 1.82) is 0 Å². The molecule has 1 saturated heterocycles. The maximum atomic E-state index is 12.9. The standard InChI is InChI=1S/C21H24N2O/c24-20(19-12-6-7-13-22-19)23-21(18-10-2-1-3-11-18)14-16-8-4-5-9-17(16)15-21/h1-5,8-11,19,22H,6-7,12-15H2,(H,23,24). The van der Waals surface area contributed by atoms with Crippen molar-refractivity contribution in [3.05, 3.63) is 71.3 Å². The average Bonchev–Trinajstić information content (AvgIpc) is 3.02. The van der Waals surface area contributed by atoms with Gasteiger partial charge in [0, 0.05) is 12.8 Å². The molecule has 124 valence electrons. The molecule has 0 radical (unpaired) electrons. The fourth-order valence-electron chi connectivity index (χ4n) is 4.14. The summed E-state index contributed by atoms with van der Waals surface area (Å²) in [4.78, 5) is 12.9. The molecule has 1 fully saturated rings. The Morgan fingerprint density at radius 2 is 1.62 bits per heavy atom. The first-order valence-electron chi connectivity index (χ1n) is 8.95. The van der Waals surface area contributed by atoms with Crippen LogP contribution < -0.4 is 10.6 Å². The van der Waals surface area contributed by atoms with Crippen molar-refractivity contribution in [2.45, 2.75) is 43.7 Å². The lowest BCUT2D eigenvalue weighted by molar-refractivity contribution is -0.125. The summed E-state index contributed by atoms with van der Waals surface area (Å²) < 4.78 is 0. The molecule has 0 bridgehead atoms. The molecule has 1 unspecified atom stereocenters. The van der Waals surface area contributed by atoms with Gasteiger partial charge >= 0.3 is 0 Å². The van der Waals surface area contributed by atoms with E-state index in [1.54, 1.807) is 0 Å². The quantitative estimate of drug-likeness (QED) is 0.913. The molecule has 1 heterocycles. The molecule has 3 nitrogen and oxygen atoms in total. The molecule has 3 heteroatoms. The fraction of sp³-hybridized carbons (Fsp3) is 0.381. The second-order valence-electron chi connectivity index (χ2n) is 7.06. The van der Waals surface area contributed by atoms with Gasteiger partial charge in [0.15, 0.2) is 0 Å². The van der Waals surface area contributed by atoms with Crippen LogP contribution in [0.15, 0.2) is 54.6 Å². The summed E-state index contributed by atoms with van der Waals surface area (Å²) in [5.74, 6) is 0.145. The van der Waals surface area contributed by atoms with E-state index in [1.807, 2.05) is 6.07 Å². The minimum Gasteiger partial charge on any atom is -0.345 e. The number of benzene rings is 2. The summed E-state index contributed by atoms with van der Waals surface area (Å²) in [7, 11) is 0. The molecule has 1 amide bonds. The van der Waals surface area contributed by atoms with Gasteiger partial charge in [0.05, 0.1) is 11.6 Å². The van der Waals surface area contributed by atoms with Crippen molar-refractivity contribution < 1.29 is 4.79 Å². The van der Waals surface area contributed by atoms with Gasteiger partial charge in [-0.1, -0.05) is 61.0 Å². The molecule has 2 aromatic carbocycles. The number of fused-ring (bicyclic) bond motifs is 1. The number of carbonyl (C=O) groups excluding carboxylic acids is 1. The topological polar surface area (TPSA) is 41.1 Å². The maximum Gasteiger partial charge on any atom is 0.237 e. The third kappa shape index (κ3) is 2.84. The summed E-state index contributed by atoms with van der Waals surface area (Å²) >= 11 is 0. The van der Waals surface area contributed by atoms with Crippen LogP contribution in [0.5, 0.6) is 0 Å². The molecule has 2 aliphatic rings. The molecular weight excluding hydrogens is 296 g/mol. The summed E-state index contributed by atoms with van der Waals surface area (Å²) in [6.45, 7) is 0.941. The van der Waals surface area contributed by atoms with Crippen molar-refractivity contribution >= 4 is 5.91 Å². The highest BCUT2D eigenvalue weighted by atomic mass is 16.2. The lowest BCUT2D eigenvalue weighted by Crippen LogP contribution is -2.54.